The van der Waals surface area contributed by atoms with Crippen LogP contribution in [0.15, 0.2) is 0 Å². The summed E-state index contributed by atoms with van der Waals surface area (Å²) in [4.78, 5) is 11.7. The van der Waals surface area contributed by atoms with Crippen molar-refractivity contribution in [2.75, 3.05) is 6.54 Å². The Hall–Kier alpha value is 0.800. The first-order chi connectivity index (χ1) is 11.4. The molecular weight excluding hydrogens is 366 g/mol. The van der Waals surface area contributed by atoms with E-state index in [2.05, 4.69) is 6.92 Å². The van der Waals surface area contributed by atoms with E-state index in [1.54, 1.807) is 0 Å². The van der Waals surface area contributed by atoms with Crippen LogP contribution in [0.2, 0.25) is 0 Å². The predicted molar refractivity (Wildman–Crippen MR) is 108 cm³/mol. The molecule has 0 aliphatic heterocycles. The van der Waals surface area contributed by atoms with Crippen molar-refractivity contribution in [1.29, 1.82) is 0 Å². The normalized spacial score (nSPS) is 12.6. The minimum atomic E-state index is -4.36. The number of rotatable bonds is 17. The van der Waals surface area contributed by atoms with Crippen LogP contribution in [-0.4, -0.2) is 68.3 Å². The molecule has 3 N–H and O–H groups in total. The Morgan fingerprint density at radius 2 is 1.20 bits per heavy atom. The number of hydrogen-bond donors (Lipinski definition) is 2. The molecule has 0 aliphatic rings. The van der Waals surface area contributed by atoms with Crippen LogP contribution in [0, 0.1) is 0 Å². The van der Waals surface area contributed by atoms with Gasteiger partial charge in [-0.3, -0.25) is 9.35 Å². The van der Waals surface area contributed by atoms with Gasteiger partial charge in [0.1, 0.15) is 0 Å². The number of Topliss-reactive ketones (excluding diaryl/α,β-unsaturated/α-hetero) is 1. The first-order valence-corrected chi connectivity index (χ1v) is 11.1. The molecule has 0 saturated heterocycles. The van der Waals surface area contributed by atoms with Gasteiger partial charge in [-0.05, 0) is 6.42 Å². The zero-order valence-corrected chi connectivity index (χ0v) is 16.2. The van der Waals surface area contributed by atoms with Gasteiger partial charge in [0.15, 0.2) is 11.0 Å². The minimum absolute atomic E-state index is 0. The summed E-state index contributed by atoms with van der Waals surface area (Å²) in [6.07, 6.45) is 16.0. The van der Waals surface area contributed by atoms with Crippen molar-refractivity contribution < 1.29 is 17.8 Å². The van der Waals surface area contributed by atoms with E-state index in [0.717, 1.165) is 12.8 Å². The summed E-state index contributed by atoms with van der Waals surface area (Å²) in [5.41, 5.74) is 5.24. The third-order valence-electron chi connectivity index (χ3n) is 4.46. The number of carbonyl (C=O) groups excluding carboxylic acids is 1. The number of ketones is 1. The molecule has 0 heterocycles. The molecule has 1 atom stereocenters. The zero-order valence-electron chi connectivity index (χ0n) is 15.3. The van der Waals surface area contributed by atoms with E-state index in [-0.39, 0.29) is 50.7 Å². The quantitative estimate of drug-likeness (QED) is 0.220. The van der Waals surface area contributed by atoms with Crippen LogP contribution < -0.4 is 5.73 Å². The van der Waals surface area contributed by atoms with Gasteiger partial charge in [0.05, 0.1) is 0 Å². The number of unbranched alkanes of at least 4 members (excludes halogenated alkanes) is 12. The van der Waals surface area contributed by atoms with E-state index in [0.29, 0.717) is 6.42 Å². The van der Waals surface area contributed by atoms with Crippen LogP contribution >= 0.6 is 0 Å². The number of carbonyl (C=O) groups is 1. The zero-order chi connectivity index (χ0) is 18.3. The molecule has 25 heavy (non-hydrogen) atoms. The van der Waals surface area contributed by atoms with Gasteiger partial charge in [0.25, 0.3) is 10.1 Å². The molecule has 1 unspecified atom stereocenters. The second-order valence-electron chi connectivity index (χ2n) is 6.70. The van der Waals surface area contributed by atoms with Gasteiger partial charge in [0, 0.05) is 13.0 Å². The molecule has 0 radical (unpaired) electrons. The molecular formula is C18H39CaNO4S. The molecule has 0 bridgehead atoms. The fraction of sp³-hybridized carbons (Fsp3) is 0.944. The van der Waals surface area contributed by atoms with Gasteiger partial charge in [-0.1, -0.05) is 84.0 Å². The van der Waals surface area contributed by atoms with Crippen molar-refractivity contribution in [2.24, 2.45) is 5.73 Å². The molecule has 0 aromatic heterocycles. The van der Waals surface area contributed by atoms with Crippen molar-refractivity contribution in [3.8, 4) is 0 Å². The molecule has 0 aromatic carbocycles. The molecule has 0 saturated carbocycles. The summed E-state index contributed by atoms with van der Waals surface area (Å²) >= 11 is 0. The van der Waals surface area contributed by atoms with Crippen LogP contribution in [0.4, 0.5) is 0 Å². The van der Waals surface area contributed by atoms with Crippen molar-refractivity contribution in [2.45, 2.75) is 102 Å². The fourth-order valence-electron chi connectivity index (χ4n) is 2.90. The van der Waals surface area contributed by atoms with Crippen molar-refractivity contribution >= 4 is 53.6 Å². The van der Waals surface area contributed by atoms with E-state index in [1.807, 2.05) is 0 Å². The molecule has 0 fully saturated rings. The summed E-state index contributed by atoms with van der Waals surface area (Å²) in [6.45, 7) is 1.89. The fourth-order valence-corrected chi connectivity index (χ4v) is 3.59. The predicted octanol–water partition coefficient (Wildman–Crippen LogP) is 3.34. The van der Waals surface area contributed by atoms with Crippen LogP contribution in [0.3, 0.4) is 0 Å². The first-order valence-electron chi connectivity index (χ1n) is 9.62. The van der Waals surface area contributed by atoms with Crippen LogP contribution in [-0.2, 0) is 14.9 Å². The molecule has 0 amide bonds. The maximum atomic E-state index is 11.7. The second-order valence-corrected chi connectivity index (χ2v) is 8.30. The van der Waals surface area contributed by atoms with E-state index in [4.69, 9.17) is 10.3 Å². The summed E-state index contributed by atoms with van der Waals surface area (Å²) in [6, 6.07) is 0. The molecule has 0 aliphatic carbocycles. The van der Waals surface area contributed by atoms with E-state index >= 15 is 0 Å². The van der Waals surface area contributed by atoms with Crippen LogP contribution in [0.5, 0.6) is 0 Å². The Kier molecular flexibility index (Phi) is 20.4. The third kappa shape index (κ3) is 16.7. The van der Waals surface area contributed by atoms with E-state index in [1.165, 1.54) is 64.2 Å². The van der Waals surface area contributed by atoms with Gasteiger partial charge in [-0.2, -0.15) is 8.42 Å². The summed E-state index contributed by atoms with van der Waals surface area (Å²) in [5.74, 6) is -0.469. The molecule has 148 valence electrons. The number of nitrogens with two attached hydrogens (primary N) is 1. The Balaban J connectivity index is 0. The maximum absolute atomic E-state index is 11.7. The molecule has 0 aromatic rings. The van der Waals surface area contributed by atoms with E-state index in [9.17, 15) is 13.2 Å². The van der Waals surface area contributed by atoms with Gasteiger partial charge < -0.3 is 5.73 Å². The Morgan fingerprint density at radius 1 is 0.840 bits per heavy atom. The Morgan fingerprint density at radius 3 is 1.52 bits per heavy atom. The summed E-state index contributed by atoms with van der Waals surface area (Å²) < 4.78 is 30.9. The van der Waals surface area contributed by atoms with Crippen molar-refractivity contribution in [3.63, 3.8) is 0 Å². The van der Waals surface area contributed by atoms with Gasteiger partial charge in [0.2, 0.25) is 0 Å². The van der Waals surface area contributed by atoms with Crippen LogP contribution in [0.1, 0.15) is 96.8 Å². The molecule has 0 rings (SSSR count). The standard InChI is InChI=1S/C18H37NO4S.Ca.2H/c1-2-3-4-5-6-7-8-9-10-11-12-13-14-15-17(20)18(16-19)24(21,22)23;;;/h18H,2-16,19H2,1H3,(H,21,22,23);;;. The average Bonchev–Trinajstić information content (AvgIpc) is 2.51. The summed E-state index contributed by atoms with van der Waals surface area (Å²) in [7, 11) is -4.36. The average molecular weight is 406 g/mol. The first kappa shape index (κ1) is 28.0. The van der Waals surface area contributed by atoms with E-state index < -0.39 is 21.2 Å². The Bertz CT molecular complexity index is 415. The molecule has 7 heteroatoms. The van der Waals surface area contributed by atoms with Gasteiger partial charge in [-0.15, -0.1) is 0 Å². The monoisotopic (exact) mass is 405 g/mol. The van der Waals surface area contributed by atoms with Gasteiger partial charge in [-0.25, -0.2) is 0 Å². The number of hydrogen-bond acceptors (Lipinski definition) is 4. The van der Waals surface area contributed by atoms with Crippen molar-refractivity contribution in [1.82, 2.24) is 0 Å². The molecule has 5 nitrogen and oxygen atoms in total. The third-order valence-corrected chi connectivity index (χ3v) is 5.63. The van der Waals surface area contributed by atoms with Gasteiger partial charge >= 0.3 is 37.7 Å². The van der Waals surface area contributed by atoms with Crippen LogP contribution in [0.25, 0.3) is 0 Å². The molecule has 0 spiro atoms. The topological polar surface area (TPSA) is 97.5 Å². The SMILES string of the molecule is CCCCCCCCCCCCCCCC(=O)C(CN)S(=O)(=O)O.[CaH2]. The summed E-state index contributed by atoms with van der Waals surface area (Å²) in [5, 5.41) is -1.45. The second kappa shape index (κ2) is 18.2. The van der Waals surface area contributed by atoms with Crippen molar-refractivity contribution in [3.05, 3.63) is 0 Å². The Labute approximate surface area is 184 Å².